The van der Waals surface area contributed by atoms with Gasteiger partial charge >= 0.3 is 0 Å². The summed E-state index contributed by atoms with van der Waals surface area (Å²) in [5.41, 5.74) is 1.62. The van der Waals surface area contributed by atoms with Crippen molar-refractivity contribution in [2.75, 3.05) is 0 Å². The fourth-order valence-corrected chi connectivity index (χ4v) is 5.36. The maximum Gasteiger partial charge on any atom is 0.123 e. The fraction of sp³-hybridized carbons (Fsp3) is 0.143. The quantitative estimate of drug-likeness (QED) is 0.724. The Morgan fingerprint density at radius 2 is 1.26 bits per heavy atom. The lowest BCUT2D eigenvalue weighted by atomic mass is 10.2. The predicted molar refractivity (Wildman–Crippen MR) is 66.5 cm³/mol. The molecule has 0 N–H and O–H groups in total. The Kier molecular flexibility index (Phi) is 2.27. The summed E-state index contributed by atoms with van der Waals surface area (Å²) in [4.78, 5) is 1.78. The first-order chi connectivity index (χ1) is 9.19. The Labute approximate surface area is 110 Å². The van der Waals surface area contributed by atoms with E-state index in [0.29, 0.717) is 13.2 Å². The van der Waals surface area contributed by atoms with Gasteiger partial charge in [-0.05, 0) is 36.4 Å². The van der Waals surface area contributed by atoms with Crippen LogP contribution in [0.1, 0.15) is 11.1 Å². The fourth-order valence-electron chi connectivity index (χ4n) is 2.55. The van der Waals surface area contributed by atoms with Gasteiger partial charge in [-0.1, -0.05) is 0 Å². The summed E-state index contributed by atoms with van der Waals surface area (Å²) in [5.74, 6) is -0.563. The van der Waals surface area contributed by atoms with Gasteiger partial charge in [0.15, 0.2) is 0 Å². The first-order valence-corrected chi connectivity index (χ1v) is 7.36. The largest absolute Gasteiger partial charge is 0.270 e. The molecule has 0 bridgehead atoms. The van der Waals surface area contributed by atoms with Gasteiger partial charge in [-0.25, -0.2) is 8.78 Å². The molecule has 2 aliphatic heterocycles. The highest BCUT2D eigenvalue weighted by Crippen LogP contribution is 2.72. The number of halogens is 2. The second-order valence-corrected chi connectivity index (χ2v) is 6.89. The standard InChI is InChI=1S/C14H10F2O2S/c15-11-1-3-13-9(5-11)7-17-19(13)14-4-2-12(16)6-10(14)8-18-19/h1-6H,7-8H2. The van der Waals surface area contributed by atoms with Crippen LogP contribution in [0, 0.1) is 11.6 Å². The summed E-state index contributed by atoms with van der Waals surface area (Å²) in [7, 11) is -2.01. The van der Waals surface area contributed by atoms with Gasteiger partial charge < -0.3 is 0 Å². The summed E-state index contributed by atoms with van der Waals surface area (Å²) in [6, 6.07) is 9.20. The molecule has 0 aromatic heterocycles. The predicted octanol–water partition coefficient (Wildman–Crippen LogP) is 4.08. The van der Waals surface area contributed by atoms with Crippen molar-refractivity contribution in [3.05, 3.63) is 59.2 Å². The summed E-state index contributed by atoms with van der Waals surface area (Å²) in [6.45, 7) is 0.665. The van der Waals surface area contributed by atoms with Crippen LogP contribution in [0.15, 0.2) is 46.2 Å². The zero-order chi connectivity index (χ0) is 13.0. The van der Waals surface area contributed by atoms with E-state index in [2.05, 4.69) is 0 Å². The summed E-state index contributed by atoms with van der Waals surface area (Å²) >= 11 is 0. The second kappa shape index (κ2) is 3.79. The maximum atomic E-state index is 13.2. The van der Waals surface area contributed by atoms with Crippen molar-refractivity contribution in [2.45, 2.75) is 23.0 Å². The molecular weight excluding hydrogens is 270 g/mol. The topological polar surface area (TPSA) is 18.5 Å². The molecule has 0 amide bonds. The number of benzene rings is 2. The van der Waals surface area contributed by atoms with Crippen LogP contribution in [0.5, 0.6) is 0 Å². The third-order valence-electron chi connectivity index (χ3n) is 3.38. The Hall–Kier alpha value is -1.43. The molecule has 2 aliphatic rings. The van der Waals surface area contributed by atoms with E-state index in [0.717, 1.165) is 20.9 Å². The smallest absolute Gasteiger partial charge is 0.123 e. The van der Waals surface area contributed by atoms with Crippen molar-refractivity contribution in [1.29, 1.82) is 0 Å². The van der Waals surface area contributed by atoms with Crippen molar-refractivity contribution in [1.82, 2.24) is 0 Å². The zero-order valence-corrected chi connectivity index (χ0v) is 10.7. The van der Waals surface area contributed by atoms with Crippen LogP contribution in [-0.2, 0) is 21.6 Å². The molecule has 4 rings (SSSR count). The van der Waals surface area contributed by atoms with Crippen LogP contribution in [0.3, 0.4) is 0 Å². The number of fused-ring (bicyclic) bond motifs is 4. The van der Waals surface area contributed by atoms with Gasteiger partial charge in [-0.15, -0.1) is 10.6 Å². The van der Waals surface area contributed by atoms with E-state index in [1.54, 1.807) is 12.1 Å². The Morgan fingerprint density at radius 3 is 1.74 bits per heavy atom. The first-order valence-electron chi connectivity index (χ1n) is 5.88. The second-order valence-electron chi connectivity index (χ2n) is 4.53. The number of hydrogen-bond donors (Lipinski definition) is 0. The molecular formula is C14H10F2O2S. The monoisotopic (exact) mass is 280 g/mol. The van der Waals surface area contributed by atoms with Crippen molar-refractivity contribution in [3.63, 3.8) is 0 Å². The Morgan fingerprint density at radius 1 is 0.789 bits per heavy atom. The minimum atomic E-state index is -2.01. The molecule has 0 radical (unpaired) electrons. The van der Waals surface area contributed by atoms with Crippen molar-refractivity contribution < 1.29 is 17.1 Å². The minimum absolute atomic E-state index is 0.281. The van der Waals surface area contributed by atoms with Crippen molar-refractivity contribution in [3.8, 4) is 0 Å². The lowest BCUT2D eigenvalue weighted by Gasteiger charge is -2.34. The minimum Gasteiger partial charge on any atom is -0.270 e. The number of hydrogen-bond acceptors (Lipinski definition) is 2. The van der Waals surface area contributed by atoms with E-state index in [1.807, 2.05) is 0 Å². The van der Waals surface area contributed by atoms with E-state index in [-0.39, 0.29) is 11.6 Å². The van der Waals surface area contributed by atoms with Gasteiger partial charge in [0, 0.05) is 11.1 Å². The van der Waals surface area contributed by atoms with Gasteiger partial charge in [0.1, 0.15) is 11.6 Å². The van der Waals surface area contributed by atoms with E-state index >= 15 is 0 Å². The molecule has 0 fully saturated rings. The highest BCUT2D eigenvalue weighted by molar-refractivity contribution is 8.26. The Balaban J connectivity index is 1.92. The molecule has 0 unspecified atom stereocenters. The summed E-state index contributed by atoms with van der Waals surface area (Å²) in [6.07, 6.45) is 0. The van der Waals surface area contributed by atoms with Crippen LogP contribution >= 0.6 is 10.6 Å². The van der Waals surface area contributed by atoms with E-state index in [1.165, 1.54) is 24.3 Å². The molecule has 0 saturated heterocycles. The van der Waals surface area contributed by atoms with Crippen LogP contribution in [0.2, 0.25) is 0 Å². The lowest BCUT2D eigenvalue weighted by Crippen LogP contribution is -1.97. The average Bonchev–Trinajstić information content (AvgIpc) is 2.93. The molecule has 98 valence electrons. The normalized spacial score (nSPS) is 20.3. The third-order valence-corrected chi connectivity index (χ3v) is 6.24. The summed E-state index contributed by atoms with van der Waals surface area (Å²) < 4.78 is 38.2. The van der Waals surface area contributed by atoms with Gasteiger partial charge in [-0.2, -0.15) is 0 Å². The molecule has 0 atom stereocenters. The first kappa shape index (κ1) is 11.4. The SMILES string of the molecule is Fc1ccc2c(c1)COS21OCc2cc(F)ccc21. The molecule has 19 heavy (non-hydrogen) atoms. The van der Waals surface area contributed by atoms with Crippen LogP contribution in [0.25, 0.3) is 0 Å². The van der Waals surface area contributed by atoms with E-state index in [4.69, 9.17) is 8.37 Å². The van der Waals surface area contributed by atoms with E-state index in [9.17, 15) is 8.78 Å². The van der Waals surface area contributed by atoms with Crippen LogP contribution in [-0.4, -0.2) is 0 Å². The van der Waals surface area contributed by atoms with Gasteiger partial charge in [0.25, 0.3) is 0 Å². The Bertz CT molecular complexity index is 628. The maximum absolute atomic E-state index is 13.2. The third kappa shape index (κ3) is 1.49. The lowest BCUT2D eigenvalue weighted by molar-refractivity contribution is 0.271. The molecule has 2 aromatic rings. The van der Waals surface area contributed by atoms with Crippen LogP contribution < -0.4 is 0 Å². The molecule has 2 heterocycles. The molecule has 5 heteroatoms. The van der Waals surface area contributed by atoms with Gasteiger partial charge in [-0.3, -0.25) is 8.37 Å². The molecule has 0 saturated carbocycles. The van der Waals surface area contributed by atoms with E-state index < -0.39 is 10.6 Å². The van der Waals surface area contributed by atoms with Gasteiger partial charge in [0.2, 0.25) is 0 Å². The van der Waals surface area contributed by atoms with Crippen molar-refractivity contribution in [2.24, 2.45) is 0 Å². The molecule has 2 nitrogen and oxygen atoms in total. The van der Waals surface area contributed by atoms with Gasteiger partial charge in [0.05, 0.1) is 23.0 Å². The summed E-state index contributed by atoms with van der Waals surface area (Å²) in [5, 5.41) is 0. The molecule has 2 aromatic carbocycles. The average molecular weight is 280 g/mol. The van der Waals surface area contributed by atoms with Crippen molar-refractivity contribution >= 4 is 10.6 Å². The van der Waals surface area contributed by atoms with Crippen LogP contribution in [0.4, 0.5) is 8.78 Å². The zero-order valence-electron chi connectivity index (χ0n) is 9.86. The highest BCUT2D eigenvalue weighted by Gasteiger charge is 2.40. The highest BCUT2D eigenvalue weighted by atomic mass is 32.3. The molecule has 1 spiro atoms. The number of rotatable bonds is 0. The molecule has 0 aliphatic carbocycles.